The zero-order valence-corrected chi connectivity index (χ0v) is 19.9. The molecular formula is C26H31F2N3O4. The molecule has 1 aliphatic rings. The highest BCUT2D eigenvalue weighted by Crippen LogP contribution is 2.29. The number of carbonyl (C=O) groups is 1. The van der Waals surface area contributed by atoms with Crippen molar-refractivity contribution in [3.8, 4) is 11.8 Å². The summed E-state index contributed by atoms with van der Waals surface area (Å²) in [5, 5.41) is 21.8. The predicted molar refractivity (Wildman–Crippen MR) is 127 cm³/mol. The molecule has 1 heterocycles. The van der Waals surface area contributed by atoms with Crippen LogP contribution < -0.4 is 10.8 Å². The van der Waals surface area contributed by atoms with Crippen molar-refractivity contribution in [2.75, 3.05) is 26.3 Å². The van der Waals surface area contributed by atoms with E-state index in [0.717, 1.165) is 57.8 Å². The maximum atomic E-state index is 13.4. The molecule has 0 bridgehead atoms. The van der Waals surface area contributed by atoms with Gasteiger partial charge in [0.2, 0.25) is 0 Å². The third-order valence-corrected chi connectivity index (χ3v) is 6.41. The fourth-order valence-corrected chi connectivity index (χ4v) is 3.66. The average Bonchev–Trinajstić information content (AvgIpc) is 2.87. The van der Waals surface area contributed by atoms with E-state index >= 15 is 0 Å². The molecule has 1 saturated heterocycles. The van der Waals surface area contributed by atoms with Crippen LogP contribution in [0.1, 0.15) is 36.1 Å². The number of hydroxylamine groups is 1. The summed E-state index contributed by atoms with van der Waals surface area (Å²) < 4.78 is 32.1. The van der Waals surface area contributed by atoms with Crippen molar-refractivity contribution < 1.29 is 28.6 Å². The fraction of sp³-hybridized carbons (Fsp3) is 0.423. The number of nitrogens with one attached hydrogen (secondary N) is 2. The van der Waals surface area contributed by atoms with Crippen LogP contribution in [0.4, 0.5) is 8.78 Å². The number of hydrogen-bond acceptors (Lipinski definition) is 6. The van der Waals surface area contributed by atoms with Crippen molar-refractivity contribution in [3.63, 3.8) is 0 Å². The first kappa shape index (κ1) is 26.7. The summed E-state index contributed by atoms with van der Waals surface area (Å²) in [4.78, 5) is 14.4. The standard InChI is InChI=1S/C26H31F2N3O4/c1-25(24(32)30-34,26(2,33)23(27)28)29-17-21-9-5-19(6-10-21)3-4-20-7-11-22(12-8-20)18-31-13-15-35-16-14-31/h5-12,23,29,33-34H,13-18H2,1-2H3,(H,30,32). The third kappa shape index (κ3) is 6.63. The minimum Gasteiger partial charge on any atom is -0.382 e. The molecule has 2 aromatic rings. The summed E-state index contributed by atoms with van der Waals surface area (Å²) in [5.74, 6) is 5.05. The van der Waals surface area contributed by atoms with Crippen LogP contribution in [0.3, 0.4) is 0 Å². The van der Waals surface area contributed by atoms with Crippen molar-refractivity contribution in [2.45, 2.75) is 44.5 Å². The molecule has 9 heteroatoms. The Hall–Kier alpha value is -2.87. The number of hydrogen-bond donors (Lipinski definition) is 4. The highest BCUT2D eigenvalue weighted by atomic mass is 19.3. The predicted octanol–water partition coefficient (Wildman–Crippen LogP) is 2.29. The SMILES string of the molecule is CC(NCc1ccc(C#Cc2ccc(CN3CCOCC3)cc2)cc1)(C(=O)NO)C(C)(O)C(F)F. The second-order valence-corrected chi connectivity index (χ2v) is 8.90. The molecule has 0 aromatic heterocycles. The Morgan fingerprint density at radius 3 is 2.03 bits per heavy atom. The summed E-state index contributed by atoms with van der Waals surface area (Å²) in [5.41, 5.74) is 0.0566. The Balaban J connectivity index is 1.61. The molecule has 2 unspecified atom stereocenters. The maximum Gasteiger partial charge on any atom is 0.268 e. The molecule has 0 spiro atoms. The highest BCUT2D eigenvalue weighted by molar-refractivity contribution is 5.86. The Kier molecular flexibility index (Phi) is 8.94. The van der Waals surface area contributed by atoms with E-state index in [0.29, 0.717) is 5.56 Å². The van der Waals surface area contributed by atoms with Crippen molar-refractivity contribution in [1.82, 2.24) is 15.7 Å². The zero-order valence-electron chi connectivity index (χ0n) is 19.9. The van der Waals surface area contributed by atoms with Crippen molar-refractivity contribution in [2.24, 2.45) is 0 Å². The van der Waals surface area contributed by atoms with Crippen molar-refractivity contribution >= 4 is 5.91 Å². The Morgan fingerprint density at radius 2 is 1.54 bits per heavy atom. The monoisotopic (exact) mass is 487 g/mol. The molecule has 1 amide bonds. The number of nitrogens with zero attached hydrogens (tertiary/aromatic N) is 1. The molecule has 7 nitrogen and oxygen atoms in total. The van der Waals surface area contributed by atoms with Crippen LogP contribution in [0.2, 0.25) is 0 Å². The van der Waals surface area contributed by atoms with E-state index in [1.807, 2.05) is 12.1 Å². The lowest BCUT2D eigenvalue weighted by Crippen LogP contribution is -2.69. The number of alkyl halides is 2. The lowest BCUT2D eigenvalue weighted by atomic mass is 9.81. The Morgan fingerprint density at radius 1 is 1.03 bits per heavy atom. The smallest absolute Gasteiger partial charge is 0.268 e. The van der Waals surface area contributed by atoms with Crippen molar-refractivity contribution in [3.05, 3.63) is 70.8 Å². The summed E-state index contributed by atoms with van der Waals surface area (Å²) in [6, 6.07) is 15.2. The number of amides is 1. The summed E-state index contributed by atoms with van der Waals surface area (Å²) in [6.07, 6.45) is -3.22. The van der Waals surface area contributed by atoms with Gasteiger partial charge in [-0.05, 0) is 49.2 Å². The minimum absolute atomic E-state index is 0.00506. The van der Waals surface area contributed by atoms with Crippen LogP contribution in [-0.4, -0.2) is 65.0 Å². The number of morpholine rings is 1. The quantitative estimate of drug-likeness (QED) is 0.259. The van der Waals surface area contributed by atoms with E-state index in [1.54, 1.807) is 24.3 Å². The Bertz CT molecular complexity index is 1040. The lowest BCUT2D eigenvalue weighted by molar-refractivity contribution is -0.167. The summed E-state index contributed by atoms with van der Waals surface area (Å²) in [7, 11) is 0. The first-order valence-corrected chi connectivity index (χ1v) is 11.4. The van der Waals surface area contributed by atoms with Gasteiger partial charge in [0, 0.05) is 37.3 Å². The highest BCUT2D eigenvalue weighted by Gasteiger charge is 2.54. The molecule has 2 atom stereocenters. The normalized spacial score (nSPS) is 17.7. The molecule has 0 aliphatic carbocycles. The van der Waals surface area contributed by atoms with Crippen molar-refractivity contribution in [1.29, 1.82) is 0 Å². The zero-order chi connectivity index (χ0) is 25.5. The number of halogens is 2. The largest absolute Gasteiger partial charge is 0.382 e. The van der Waals surface area contributed by atoms with Gasteiger partial charge in [0.25, 0.3) is 12.3 Å². The van der Waals surface area contributed by atoms with Gasteiger partial charge in [-0.2, -0.15) is 0 Å². The van der Waals surface area contributed by atoms with Crippen LogP contribution in [0.25, 0.3) is 0 Å². The van der Waals surface area contributed by atoms with Gasteiger partial charge < -0.3 is 9.84 Å². The molecule has 1 aliphatic heterocycles. The minimum atomic E-state index is -3.22. The van der Waals surface area contributed by atoms with Crippen LogP contribution in [-0.2, 0) is 22.6 Å². The molecule has 0 radical (unpaired) electrons. The van der Waals surface area contributed by atoms with Gasteiger partial charge >= 0.3 is 0 Å². The third-order valence-electron chi connectivity index (χ3n) is 6.41. The van der Waals surface area contributed by atoms with Gasteiger partial charge in [-0.15, -0.1) is 0 Å². The van der Waals surface area contributed by atoms with E-state index in [2.05, 4.69) is 34.2 Å². The van der Waals surface area contributed by atoms with Crippen LogP contribution in [0, 0.1) is 11.8 Å². The van der Waals surface area contributed by atoms with E-state index in [-0.39, 0.29) is 6.54 Å². The molecule has 35 heavy (non-hydrogen) atoms. The fourth-order valence-electron chi connectivity index (χ4n) is 3.66. The molecule has 2 aromatic carbocycles. The van der Waals surface area contributed by atoms with Crippen LogP contribution in [0.15, 0.2) is 48.5 Å². The van der Waals surface area contributed by atoms with E-state index in [9.17, 15) is 18.7 Å². The van der Waals surface area contributed by atoms with Gasteiger partial charge in [-0.3, -0.25) is 20.2 Å². The van der Waals surface area contributed by atoms with E-state index in [1.165, 1.54) is 11.0 Å². The first-order valence-electron chi connectivity index (χ1n) is 11.4. The second-order valence-electron chi connectivity index (χ2n) is 8.90. The van der Waals surface area contributed by atoms with Gasteiger partial charge in [-0.1, -0.05) is 36.1 Å². The number of carbonyl (C=O) groups excluding carboxylic acids is 1. The average molecular weight is 488 g/mol. The Labute approximate surface area is 204 Å². The lowest BCUT2D eigenvalue weighted by Gasteiger charge is -2.40. The summed E-state index contributed by atoms with van der Waals surface area (Å²) in [6.45, 7) is 6.26. The van der Waals surface area contributed by atoms with Crippen LogP contribution in [0.5, 0.6) is 0 Å². The molecule has 1 fully saturated rings. The first-order chi connectivity index (χ1) is 16.7. The van der Waals surface area contributed by atoms with E-state index in [4.69, 9.17) is 9.94 Å². The number of ether oxygens (including phenoxy) is 1. The van der Waals surface area contributed by atoms with Crippen LogP contribution >= 0.6 is 0 Å². The topological polar surface area (TPSA) is 94.1 Å². The molecule has 4 N–H and O–H groups in total. The van der Waals surface area contributed by atoms with Gasteiger partial charge in [0.15, 0.2) is 0 Å². The number of benzene rings is 2. The van der Waals surface area contributed by atoms with E-state index < -0.39 is 23.5 Å². The van der Waals surface area contributed by atoms with Gasteiger partial charge in [-0.25, -0.2) is 14.3 Å². The molecule has 0 saturated carbocycles. The molecule has 188 valence electrons. The van der Waals surface area contributed by atoms with Gasteiger partial charge in [0.05, 0.1) is 13.2 Å². The maximum absolute atomic E-state index is 13.4. The number of rotatable bonds is 8. The number of aliphatic hydroxyl groups is 1. The van der Waals surface area contributed by atoms with Gasteiger partial charge in [0.1, 0.15) is 11.1 Å². The molecular weight excluding hydrogens is 456 g/mol. The molecule has 3 rings (SSSR count). The summed E-state index contributed by atoms with van der Waals surface area (Å²) >= 11 is 0. The second kappa shape index (κ2) is 11.7.